The normalized spacial score (nSPS) is 10.9. The second kappa shape index (κ2) is 7.95. The third-order valence-electron chi connectivity index (χ3n) is 3.95. The highest BCUT2D eigenvalue weighted by Gasteiger charge is 2.15. The lowest BCUT2D eigenvalue weighted by atomic mass is 10.1. The summed E-state index contributed by atoms with van der Waals surface area (Å²) in [5, 5.41) is 4.02. The molecule has 0 aliphatic rings. The van der Waals surface area contributed by atoms with Crippen LogP contribution in [-0.4, -0.2) is 15.3 Å². The van der Waals surface area contributed by atoms with E-state index in [4.69, 9.17) is 4.42 Å². The van der Waals surface area contributed by atoms with Gasteiger partial charge in [-0.2, -0.15) is 9.36 Å². The van der Waals surface area contributed by atoms with Gasteiger partial charge < -0.3 is 4.42 Å². The average Bonchev–Trinajstić information content (AvgIpc) is 3.14. The van der Waals surface area contributed by atoms with Gasteiger partial charge in [0, 0.05) is 23.4 Å². The highest BCUT2D eigenvalue weighted by atomic mass is 32.2. The molecule has 6 nitrogen and oxygen atoms in total. The van der Waals surface area contributed by atoms with Crippen LogP contribution in [0.3, 0.4) is 0 Å². The minimum atomic E-state index is -0.531. The number of aryl methyl sites for hydroxylation is 1. The molecule has 0 fully saturated rings. The predicted molar refractivity (Wildman–Crippen MR) is 111 cm³/mol. The molecule has 4 rings (SSSR count). The number of nitrogens with one attached hydrogen (secondary N) is 1. The number of carbonyl (C=O) groups is 1. The number of nitrogens with zero attached hydrogens (tertiary/aromatic N) is 2. The fraction of sp³-hybridized carbons (Fsp3) is 0.100. The van der Waals surface area contributed by atoms with Crippen molar-refractivity contribution in [1.82, 2.24) is 9.36 Å². The Morgan fingerprint density at radius 2 is 2.00 bits per heavy atom. The van der Waals surface area contributed by atoms with Gasteiger partial charge in [0.25, 0.3) is 5.91 Å². The van der Waals surface area contributed by atoms with Gasteiger partial charge in [-0.15, -0.1) is 0 Å². The molecule has 0 atom stereocenters. The molecule has 2 aromatic carbocycles. The van der Waals surface area contributed by atoms with E-state index >= 15 is 0 Å². The van der Waals surface area contributed by atoms with Crippen molar-refractivity contribution in [3.63, 3.8) is 0 Å². The number of aromatic nitrogens is 2. The van der Waals surface area contributed by atoms with Crippen molar-refractivity contribution in [3.05, 3.63) is 81.7 Å². The maximum absolute atomic E-state index is 12.5. The zero-order valence-electron chi connectivity index (χ0n) is 14.8. The van der Waals surface area contributed by atoms with Crippen molar-refractivity contribution in [2.24, 2.45) is 0 Å². The third kappa shape index (κ3) is 4.13. The number of amides is 1. The average molecular weight is 409 g/mol. The van der Waals surface area contributed by atoms with Gasteiger partial charge in [-0.1, -0.05) is 48.2 Å². The Bertz CT molecular complexity index is 1200. The van der Waals surface area contributed by atoms with Crippen molar-refractivity contribution in [2.75, 3.05) is 5.32 Å². The number of carbonyl (C=O) groups excluding carboxylic acids is 1. The second-order valence-electron chi connectivity index (χ2n) is 6.09. The summed E-state index contributed by atoms with van der Waals surface area (Å²) in [4.78, 5) is 29.0. The standard InChI is InChI=1S/C20H15N3O3S2/c1-12-7-8-14-15(24)10-17(26-16(14)9-12)18(25)21-19-22-20(23-28-19)27-11-13-5-3-2-4-6-13/h2-10H,11H2,1H3,(H,21,22,23,25). The summed E-state index contributed by atoms with van der Waals surface area (Å²) >= 11 is 2.57. The molecule has 0 unspecified atom stereocenters. The van der Waals surface area contributed by atoms with Crippen molar-refractivity contribution in [3.8, 4) is 0 Å². The summed E-state index contributed by atoms with van der Waals surface area (Å²) in [6.07, 6.45) is 0. The summed E-state index contributed by atoms with van der Waals surface area (Å²) in [5.74, 6) is 0.150. The highest BCUT2D eigenvalue weighted by molar-refractivity contribution is 7.98. The van der Waals surface area contributed by atoms with Crippen LogP contribution in [0.15, 0.2) is 69.0 Å². The monoisotopic (exact) mass is 409 g/mol. The molecule has 140 valence electrons. The van der Waals surface area contributed by atoms with E-state index < -0.39 is 5.91 Å². The van der Waals surface area contributed by atoms with Crippen LogP contribution in [-0.2, 0) is 5.75 Å². The molecule has 0 bridgehead atoms. The number of hydrogen-bond acceptors (Lipinski definition) is 7. The van der Waals surface area contributed by atoms with Gasteiger partial charge in [0.2, 0.25) is 10.3 Å². The Morgan fingerprint density at radius 1 is 1.18 bits per heavy atom. The summed E-state index contributed by atoms with van der Waals surface area (Å²) in [6, 6.07) is 16.4. The first-order valence-corrected chi connectivity index (χ1v) is 10.2. The third-order valence-corrected chi connectivity index (χ3v) is 5.61. The fourth-order valence-corrected chi connectivity index (χ4v) is 4.07. The first-order chi connectivity index (χ1) is 13.6. The summed E-state index contributed by atoms with van der Waals surface area (Å²) < 4.78 is 9.85. The van der Waals surface area contributed by atoms with E-state index in [2.05, 4.69) is 14.7 Å². The van der Waals surface area contributed by atoms with Gasteiger partial charge in [-0.25, -0.2) is 0 Å². The van der Waals surface area contributed by atoms with Crippen LogP contribution in [0.4, 0.5) is 5.13 Å². The fourth-order valence-electron chi connectivity index (χ4n) is 2.57. The minimum Gasteiger partial charge on any atom is -0.451 e. The number of rotatable bonds is 5. The Balaban J connectivity index is 1.47. The van der Waals surface area contributed by atoms with Crippen LogP contribution in [0.1, 0.15) is 21.7 Å². The summed E-state index contributed by atoms with van der Waals surface area (Å²) in [6.45, 7) is 1.89. The van der Waals surface area contributed by atoms with Crippen LogP contribution in [0, 0.1) is 6.92 Å². The van der Waals surface area contributed by atoms with Crippen LogP contribution in [0.2, 0.25) is 0 Å². The van der Waals surface area contributed by atoms with Gasteiger partial charge >= 0.3 is 0 Å². The highest BCUT2D eigenvalue weighted by Crippen LogP contribution is 2.24. The van der Waals surface area contributed by atoms with Crippen molar-refractivity contribution < 1.29 is 9.21 Å². The van der Waals surface area contributed by atoms with Crippen LogP contribution in [0.5, 0.6) is 0 Å². The van der Waals surface area contributed by atoms with Crippen LogP contribution >= 0.6 is 23.3 Å². The number of benzene rings is 2. The number of thioether (sulfide) groups is 1. The van der Waals surface area contributed by atoms with E-state index in [1.807, 2.05) is 43.3 Å². The second-order valence-corrected chi connectivity index (χ2v) is 7.78. The molecule has 2 heterocycles. The van der Waals surface area contributed by atoms with Crippen molar-refractivity contribution in [1.29, 1.82) is 0 Å². The Morgan fingerprint density at radius 3 is 2.82 bits per heavy atom. The Labute approximate surface area is 168 Å². The van der Waals surface area contributed by atoms with Gasteiger partial charge in [0.1, 0.15) is 5.58 Å². The molecule has 4 aromatic rings. The molecular formula is C20H15N3O3S2. The van der Waals surface area contributed by atoms with E-state index in [0.717, 1.165) is 22.8 Å². The van der Waals surface area contributed by atoms with Gasteiger partial charge in [0.15, 0.2) is 11.2 Å². The topological polar surface area (TPSA) is 85.1 Å². The Hall–Kier alpha value is -2.97. The van der Waals surface area contributed by atoms with E-state index in [1.54, 1.807) is 12.1 Å². The summed E-state index contributed by atoms with van der Waals surface area (Å²) in [5.41, 5.74) is 2.23. The molecule has 0 saturated heterocycles. The molecule has 1 N–H and O–H groups in total. The molecular weight excluding hydrogens is 394 g/mol. The summed E-state index contributed by atoms with van der Waals surface area (Å²) in [7, 11) is 0. The predicted octanol–water partition coefficient (Wildman–Crippen LogP) is 4.50. The molecule has 1 amide bonds. The maximum Gasteiger partial charge on any atom is 0.293 e. The van der Waals surface area contributed by atoms with E-state index in [1.165, 1.54) is 23.4 Å². The number of hydrogen-bond donors (Lipinski definition) is 1. The van der Waals surface area contributed by atoms with Crippen LogP contribution < -0.4 is 10.7 Å². The van der Waals surface area contributed by atoms with E-state index in [0.29, 0.717) is 21.3 Å². The molecule has 0 spiro atoms. The number of fused-ring (bicyclic) bond motifs is 1. The molecule has 2 aromatic heterocycles. The lowest BCUT2D eigenvalue weighted by Gasteiger charge is -2.03. The lowest BCUT2D eigenvalue weighted by Crippen LogP contribution is -2.14. The molecule has 0 radical (unpaired) electrons. The van der Waals surface area contributed by atoms with E-state index in [-0.39, 0.29) is 11.2 Å². The van der Waals surface area contributed by atoms with Crippen LogP contribution in [0.25, 0.3) is 11.0 Å². The molecule has 0 aliphatic heterocycles. The first-order valence-electron chi connectivity index (χ1n) is 8.45. The van der Waals surface area contributed by atoms with Gasteiger partial charge in [-0.05, 0) is 30.2 Å². The minimum absolute atomic E-state index is 0.0585. The van der Waals surface area contributed by atoms with Gasteiger partial charge in [0.05, 0.1) is 5.39 Å². The lowest BCUT2D eigenvalue weighted by molar-refractivity contribution is 0.0997. The van der Waals surface area contributed by atoms with Crippen molar-refractivity contribution >= 4 is 45.3 Å². The smallest absolute Gasteiger partial charge is 0.293 e. The SMILES string of the molecule is Cc1ccc2c(=O)cc(C(=O)Nc3nc(SCc4ccccc4)ns3)oc2c1. The molecule has 28 heavy (non-hydrogen) atoms. The zero-order valence-corrected chi connectivity index (χ0v) is 16.5. The zero-order chi connectivity index (χ0) is 19.5. The van der Waals surface area contributed by atoms with Gasteiger partial charge in [-0.3, -0.25) is 14.9 Å². The maximum atomic E-state index is 12.5. The quantitative estimate of drug-likeness (QED) is 0.489. The van der Waals surface area contributed by atoms with Crippen molar-refractivity contribution in [2.45, 2.75) is 17.8 Å². The Kier molecular flexibility index (Phi) is 5.23. The molecule has 0 saturated carbocycles. The molecule has 0 aliphatic carbocycles. The largest absolute Gasteiger partial charge is 0.451 e. The number of anilines is 1. The van der Waals surface area contributed by atoms with E-state index in [9.17, 15) is 9.59 Å². The molecule has 8 heteroatoms. The first kappa shape index (κ1) is 18.4.